The summed E-state index contributed by atoms with van der Waals surface area (Å²) in [6.45, 7) is 6.14. The van der Waals surface area contributed by atoms with E-state index in [1.807, 2.05) is 19.1 Å². The van der Waals surface area contributed by atoms with Crippen LogP contribution < -0.4 is 4.74 Å². The predicted molar refractivity (Wildman–Crippen MR) is 73.9 cm³/mol. The maximum absolute atomic E-state index is 6.14. The molecule has 0 aliphatic rings. The summed E-state index contributed by atoms with van der Waals surface area (Å²) < 4.78 is 5.52. The summed E-state index contributed by atoms with van der Waals surface area (Å²) >= 11 is 6.14. The van der Waals surface area contributed by atoms with Gasteiger partial charge in [0.2, 0.25) is 0 Å². The van der Waals surface area contributed by atoms with Crippen molar-refractivity contribution >= 4 is 11.6 Å². The standard InChI is InChI=1S/C15H19ClO/c1-5-6-7-8-12-9-13(16)10-14(11(2)3)15(12)17-4/h9-11H,7-8H2,1-4H3. The second-order valence-electron chi connectivity index (χ2n) is 4.27. The highest BCUT2D eigenvalue weighted by Gasteiger charge is 2.13. The topological polar surface area (TPSA) is 9.23 Å². The Hall–Kier alpha value is -1.13. The van der Waals surface area contributed by atoms with Gasteiger partial charge in [0, 0.05) is 11.4 Å². The molecule has 0 saturated heterocycles. The van der Waals surface area contributed by atoms with Crippen molar-refractivity contribution in [2.45, 2.75) is 39.5 Å². The number of hydrogen-bond acceptors (Lipinski definition) is 1. The van der Waals surface area contributed by atoms with E-state index in [0.29, 0.717) is 5.92 Å². The lowest BCUT2D eigenvalue weighted by Crippen LogP contribution is -1.99. The molecule has 1 aromatic rings. The van der Waals surface area contributed by atoms with Gasteiger partial charge in [-0.05, 0) is 42.5 Å². The molecule has 0 N–H and O–H groups in total. The number of benzene rings is 1. The lowest BCUT2D eigenvalue weighted by molar-refractivity contribution is 0.402. The van der Waals surface area contributed by atoms with Crippen molar-refractivity contribution in [2.75, 3.05) is 7.11 Å². The Labute approximate surface area is 109 Å². The number of ether oxygens (including phenoxy) is 1. The van der Waals surface area contributed by atoms with Crippen molar-refractivity contribution in [2.24, 2.45) is 0 Å². The molecule has 0 atom stereocenters. The third-order valence-corrected chi connectivity index (χ3v) is 2.90. The van der Waals surface area contributed by atoms with Crippen LogP contribution in [0.1, 0.15) is 44.2 Å². The van der Waals surface area contributed by atoms with Crippen LogP contribution in [0.15, 0.2) is 12.1 Å². The molecule has 0 amide bonds. The van der Waals surface area contributed by atoms with E-state index in [9.17, 15) is 0 Å². The Morgan fingerprint density at radius 1 is 1.35 bits per heavy atom. The van der Waals surface area contributed by atoms with Crippen LogP contribution in [0, 0.1) is 11.8 Å². The van der Waals surface area contributed by atoms with E-state index in [1.165, 1.54) is 5.56 Å². The lowest BCUT2D eigenvalue weighted by Gasteiger charge is -2.16. The molecule has 2 heteroatoms. The predicted octanol–water partition coefficient (Wildman–Crippen LogP) is 4.43. The minimum atomic E-state index is 0.402. The van der Waals surface area contributed by atoms with Gasteiger partial charge in [-0.3, -0.25) is 0 Å². The fourth-order valence-electron chi connectivity index (χ4n) is 1.86. The van der Waals surface area contributed by atoms with Gasteiger partial charge in [-0.1, -0.05) is 25.4 Å². The van der Waals surface area contributed by atoms with Crippen molar-refractivity contribution in [3.8, 4) is 17.6 Å². The molecule has 0 spiro atoms. The summed E-state index contributed by atoms with van der Waals surface area (Å²) in [5.74, 6) is 7.33. The average molecular weight is 251 g/mol. The van der Waals surface area contributed by atoms with Crippen LogP contribution in [0.5, 0.6) is 5.75 Å². The number of rotatable bonds is 4. The first kappa shape index (κ1) is 13.9. The van der Waals surface area contributed by atoms with Crippen LogP contribution in [0.25, 0.3) is 0 Å². The largest absolute Gasteiger partial charge is 0.496 e. The molecule has 1 nitrogen and oxygen atoms in total. The summed E-state index contributed by atoms with van der Waals surface area (Å²) in [5, 5.41) is 0.772. The molecular formula is C15H19ClO. The van der Waals surface area contributed by atoms with E-state index in [2.05, 4.69) is 25.7 Å². The summed E-state index contributed by atoms with van der Waals surface area (Å²) in [7, 11) is 1.71. The average Bonchev–Trinajstić information content (AvgIpc) is 2.28. The molecule has 0 fully saturated rings. The minimum absolute atomic E-state index is 0.402. The van der Waals surface area contributed by atoms with Crippen molar-refractivity contribution in [1.29, 1.82) is 0 Å². The van der Waals surface area contributed by atoms with Gasteiger partial charge in [0.1, 0.15) is 5.75 Å². The highest BCUT2D eigenvalue weighted by Crippen LogP contribution is 2.33. The molecule has 1 aromatic carbocycles. The molecule has 0 saturated carbocycles. The SMILES string of the molecule is CC#CCCc1cc(Cl)cc(C(C)C)c1OC. The van der Waals surface area contributed by atoms with Gasteiger partial charge in [0.05, 0.1) is 7.11 Å². The van der Waals surface area contributed by atoms with Crippen molar-refractivity contribution < 1.29 is 4.74 Å². The highest BCUT2D eigenvalue weighted by atomic mass is 35.5. The second-order valence-corrected chi connectivity index (χ2v) is 4.71. The van der Waals surface area contributed by atoms with Crippen molar-refractivity contribution in [3.63, 3.8) is 0 Å². The molecule has 0 bridgehead atoms. The van der Waals surface area contributed by atoms with Gasteiger partial charge in [-0.25, -0.2) is 0 Å². The summed E-state index contributed by atoms with van der Waals surface area (Å²) in [6.07, 6.45) is 1.72. The van der Waals surface area contributed by atoms with Crippen LogP contribution in [-0.4, -0.2) is 7.11 Å². The molecule has 0 aliphatic carbocycles. The van der Waals surface area contributed by atoms with Crippen molar-refractivity contribution in [1.82, 2.24) is 0 Å². The Kier molecular flexibility index (Phi) is 5.38. The first-order valence-corrected chi connectivity index (χ1v) is 6.23. The van der Waals surface area contributed by atoms with E-state index in [-0.39, 0.29) is 0 Å². The molecule has 0 heterocycles. The van der Waals surface area contributed by atoms with Crippen LogP contribution >= 0.6 is 11.6 Å². The second kappa shape index (κ2) is 6.57. The summed E-state index contributed by atoms with van der Waals surface area (Å²) in [4.78, 5) is 0. The summed E-state index contributed by atoms with van der Waals surface area (Å²) in [6, 6.07) is 3.96. The zero-order valence-corrected chi connectivity index (χ0v) is 11.7. The highest BCUT2D eigenvalue weighted by molar-refractivity contribution is 6.30. The Morgan fingerprint density at radius 2 is 2.06 bits per heavy atom. The number of methoxy groups -OCH3 is 1. The molecule has 0 unspecified atom stereocenters. The molecular weight excluding hydrogens is 232 g/mol. The molecule has 92 valence electrons. The van der Waals surface area contributed by atoms with Crippen LogP contribution in [0.2, 0.25) is 5.02 Å². The fourth-order valence-corrected chi connectivity index (χ4v) is 2.11. The van der Waals surface area contributed by atoms with Crippen LogP contribution in [0.4, 0.5) is 0 Å². The van der Waals surface area contributed by atoms with Gasteiger partial charge in [0.15, 0.2) is 0 Å². The molecule has 0 aliphatic heterocycles. The minimum Gasteiger partial charge on any atom is -0.496 e. The van der Waals surface area contributed by atoms with Gasteiger partial charge in [0.25, 0.3) is 0 Å². The first-order valence-electron chi connectivity index (χ1n) is 5.86. The van der Waals surface area contributed by atoms with E-state index < -0.39 is 0 Å². The molecule has 17 heavy (non-hydrogen) atoms. The number of aryl methyl sites for hydroxylation is 1. The fraction of sp³-hybridized carbons (Fsp3) is 0.467. The molecule has 0 radical (unpaired) electrons. The number of hydrogen-bond donors (Lipinski definition) is 0. The maximum Gasteiger partial charge on any atom is 0.125 e. The first-order chi connectivity index (χ1) is 8.10. The van der Waals surface area contributed by atoms with E-state index in [1.54, 1.807) is 7.11 Å². The van der Waals surface area contributed by atoms with Crippen molar-refractivity contribution in [3.05, 3.63) is 28.3 Å². The van der Waals surface area contributed by atoms with Crippen LogP contribution in [0.3, 0.4) is 0 Å². The lowest BCUT2D eigenvalue weighted by atomic mass is 9.97. The zero-order chi connectivity index (χ0) is 12.8. The van der Waals surface area contributed by atoms with E-state index in [4.69, 9.17) is 16.3 Å². The van der Waals surface area contributed by atoms with Gasteiger partial charge >= 0.3 is 0 Å². The Bertz CT molecular complexity index is 438. The van der Waals surface area contributed by atoms with E-state index in [0.717, 1.165) is 29.2 Å². The summed E-state index contributed by atoms with van der Waals surface area (Å²) in [5.41, 5.74) is 2.31. The van der Waals surface area contributed by atoms with Gasteiger partial charge < -0.3 is 4.74 Å². The monoisotopic (exact) mass is 250 g/mol. The third-order valence-electron chi connectivity index (χ3n) is 2.68. The third kappa shape index (κ3) is 3.68. The van der Waals surface area contributed by atoms with Gasteiger partial charge in [-0.15, -0.1) is 11.8 Å². The van der Waals surface area contributed by atoms with Crippen LogP contribution in [-0.2, 0) is 6.42 Å². The Balaban J connectivity index is 3.12. The normalized spacial score (nSPS) is 10.0. The number of halogens is 1. The quantitative estimate of drug-likeness (QED) is 0.719. The Morgan fingerprint density at radius 3 is 2.59 bits per heavy atom. The smallest absolute Gasteiger partial charge is 0.125 e. The molecule has 0 aromatic heterocycles. The van der Waals surface area contributed by atoms with Gasteiger partial charge in [-0.2, -0.15) is 0 Å². The van der Waals surface area contributed by atoms with E-state index >= 15 is 0 Å². The maximum atomic E-state index is 6.14. The molecule has 1 rings (SSSR count). The zero-order valence-electron chi connectivity index (χ0n) is 10.9.